The van der Waals surface area contributed by atoms with Crippen LogP contribution in [0.4, 0.5) is 0 Å². The number of quaternary nitrogens is 1. The van der Waals surface area contributed by atoms with Gasteiger partial charge in [0, 0.05) is 12.8 Å². The molecule has 10 heteroatoms. The zero-order valence-electron chi connectivity index (χ0n) is 53.4. The molecular weight excluding hydrogens is 1000 g/mol. The molecule has 0 radical (unpaired) electrons. The Balaban J connectivity index is 3.87. The first-order chi connectivity index (χ1) is 38.5. The van der Waals surface area contributed by atoms with E-state index in [1.54, 1.807) is 0 Å². The lowest BCUT2D eigenvalue weighted by Crippen LogP contribution is -2.37. The first-order valence-electron chi connectivity index (χ1n) is 34.5. The number of esters is 2. The van der Waals surface area contributed by atoms with E-state index in [9.17, 15) is 19.0 Å². The van der Waals surface area contributed by atoms with Crippen LogP contribution in [0.25, 0.3) is 0 Å². The van der Waals surface area contributed by atoms with Crippen LogP contribution >= 0.6 is 7.82 Å². The molecular formula is C69H134NO8P. The Kier molecular flexibility index (Phi) is 59.9. The van der Waals surface area contributed by atoms with Gasteiger partial charge in [0.15, 0.2) is 6.10 Å². The topological polar surface area (TPSA) is 111 Å². The summed E-state index contributed by atoms with van der Waals surface area (Å²) in [4.78, 5) is 37.9. The van der Waals surface area contributed by atoms with E-state index in [2.05, 4.69) is 38.2 Å². The quantitative estimate of drug-likeness (QED) is 0.0195. The zero-order valence-corrected chi connectivity index (χ0v) is 54.2. The minimum atomic E-state index is -4.64. The molecule has 9 nitrogen and oxygen atoms in total. The van der Waals surface area contributed by atoms with Crippen LogP contribution < -0.4 is 4.89 Å². The highest BCUT2D eigenvalue weighted by molar-refractivity contribution is 7.45. The fraction of sp³-hybridized carbons (Fsp3) is 0.913. The lowest BCUT2D eigenvalue weighted by Gasteiger charge is -2.28. The van der Waals surface area contributed by atoms with Gasteiger partial charge in [0.1, 0.15) is 19.8 Å². The van der Waals surface area contributed by atoms with Gasteiger partial charge in [-0.2, -0.15) is 0 Å². The van der Waals surface area contributed by atoms with Crippen molar-refractivity contribution in [2.75, 3.05) is 47.5 Å². The molecule has 0 bridgehead atoms. The number of ether oxygens (including phenoxy) is 2. The van der Waals surface area contributed by atoms with Crippen LogP contribution in [-0.2, 0) is 32.7 Å². The number of unbranched alkanes of at least 4 members (excludes halogenated alkanes) is 47. The van der Waals surface area contributed by atoms with Crippen molar-refractivity contribution in [3.8, 4) is 0 Å². The first-order valence-corrected chi connectivity index (χ1v) is 36.0. The van der Waals surface area contributed by atoms with Gasteiger partial charge >= 0.3 is 11.9 Å². The van der Waals surface area contributed by atoms with Gasteiger partial charge in [0.05, 0.1) is 27.7 Å². The molecule has 0 saturated carbocycles. The van der Waals surface area contributed by atoms with Crippen molar-refractivity contribution in [1.82, 2.24) is 0 Å². The minimum absolute atomic E-state index is 0.0301. The zero-order chi connectivity index (χ0) is 57.7. The molecule has 0 aromatic rings. The lowest BCUT2D eigenvalue weighted by atomic mass is 10.0. The second-order valence-electron chi connectivity index (χ2n) is 24.9. The fourth-order valence-corrected chi connectivity index (χ4v) is 11.1. The number of rotatable bonds is 65. The van der Waals surface area contributed by atoms with Crippen molar-refractivity contribution >= 4 is 19.8 Å². The average Bonchev–Trinajstić information content (AvgIpc) is 3.41. The van der Waals surface area contributed by atoms with Crippen molar-refractivity contribution < 1.29 is 42.1 Å². The number of hydrogen-bond donors (Lipinski definition) is 0. The van der Waals surface area contributed by atoms with Gasteiger partial charge in [0.25, 0.3) is 7.82 Å². The van der Waals surface area contributed by atoms with E-state index in [1.807, 2.05) is 21.1 Å². The molecule has 468 valence electrons. The van der Waals surface area contributed by atoms with Crippen molar-refractivity contribution in [2.24, 2.45) is 0 Å². The Morgan fingerprint density at radius 1 is 0.392 bits per heavy atom. The highest BCUT2D eigenvalue weighted by atomic mass is 31.2. The average molecular weight is 1140 g/mol. The van der Waals surface area contributed by atoms with E-state index in [1.165, 1.54) is 270 Å². The maximum Gasteiger partial charge on any atom is 0.306 e. The Morgan fingerprint density at radius 2 is 0.684 bits per heavy atom. The third kappa shape index (κ3) is 65.5. The van der Waals surface area contributed by atoms with Crippen LogP contribution in [0.15, 0.2) is 24.3 Å². The standard InChI is InChI=1S/C69H134NO8P/c1-6-8-10-12-14-16-18-20-22-24-25-26-27-28-29-30-31-32-33-34-35-36-37-38-39-40-41-42-43-44-46-47-49-51-53-55-57-59-61-68(71)75-65-67(66-77-79(73,74)76-64-63-70(3,4)5)78-69(72)62-60-58-56-54-52-50-48-45-23-21-19-17-15-13-11-9-7-2/h15,17,21,23,67H,6-14,16,18-20,22,24-66H2,1-5H3/b17-15-,23-21-. The molecule has 0 amide bonds. The predicted octanol–water partition coefficient (Wildman–Crippen LogP) is 21.5. The van der Waals surface area contributed by atoms with Crippen LogP contribution in [0.2, 0.25) is 0 Å². The molecule has 0 heterocycles. The molecule has 79 heavy (non-hydrogen) atoms. The van der Waals surface area contributed by atoms with Crippen LogP contribution in [0, 0.1) is 0 Å². The summed E-state index contributed by atoms with van der Waals surface area (Å²) in [5.41, 5.74) is 0. The largest absolute Gasteiger partial charge is 0.756 e. The first kappa shape index (κ1) is 77.5. The van der Waals surface area contributed by atoms with E-state index in [0.717, 1.165) is 51.4 Å². The Bertz CT molecular complexity index is 1380. The summed E-state index contributed by atoms with van der Waals surface area (Å²) in [6, 6.07) is 0. The summed E-state index contributed by atoms with van der Waals surface area (Å²) in [6.45, 7) is 4.26. The SMILES string of the molecule is CCCCC/C=C\C/C=C\CCCCCCCCCC(=O)OC(COC(=O)CCCCCCCCCCCCCCCCCCCCCCCCCCCCCCCCCCCCCCCC)COP(=O)([O-])OCC[N+](C)(C)C. The number of nitrogens with zero attached hydrogens (tertiary/aromatic N) is 1. The molecule has 0 N–H and O–H groups in total. The maximum atomic E-state index is 12.8. The van der Waals surface area contributed by atoms with Gasteiger partial charge in [-0.05, 0) is 44.9 Å². The number of hydrogen-bond acceptors (Lipinski definition) is 8. The molecule has 0 aliphatic heterocycles. The van der Waals surface area contributed by atoms with Crippen molar-refractivity contribution in [3.05, 3.63) is 24.3 Å². The monoisotopic (exact) mass is 1140 g/mol. The number of carbonyl (C=O) groups is 2. The Labute approximate surface area is 491 Å². The van der Waals surface area contributed by atoms with Crippen molar-refractivity contribution in [1.29, 1.82) is 0 Å². The second kappa shape index (κ2) is 61.1. The summed E-state index contributed by atoms with van der Waals surface area (Å²) in [6.07, 6.45) is 75.7. The van der Waals surface area contributed by atoms with E-state index in [4.69, 9.17) is 18.5 Å². The molecule has 0 spiro atoms. The van der Waals surface area contributed by atoms with E-state index < -0.39 is 26.5 Å². The van der Waals surface area contributed by atoms with Gasteiger partial charge in [-0.25, -0.2) is 0 Å². The fourth-order valence-electron chi connectivity index (χ4n) is 10.4. The summed E-state index contributed by atoms with van der Waals surface area (Å²) < 4.78 is 34.2. The van der Waals surface area contributed by atoms with E-state index in [-0.39, 0.29) is 32.0 Å². The van der Waals surface area contributed by atoms with Gasteiger partial charge in [-0.1, -0.05) is 321 Å². The maximum absolute atomic E-state index is 12.8. The second-order valence-corrected chi connectivity index (χ2v) is 26.3. The van der Waals surface area contributed by atoms with Gasteiger partial charge in [-0.3, -0.25) is 14.2 Å². The molecule has 0 aromatic heterocycles. The number of carbonyl (C=O) groups excluding carboxylic acids is 2. The highest BCUT2D eigenvalue weighted by Crippen LogP contribution is 2.38. The van der Waals surface area contributed by atoms with Crippen LogP contribution in [0.5, 0.6) is 0 Å². The molecule has 0 rings (SSSR count). The lowest BCUT2D eigenvalue weighted by molar-refractivity contribution is -0.870. The van der Waals surface area contributed by atoms with Crippen molar-refractivity contribution in [2.45, 2.75) is 360 Å². The smallest absolute Gasteiger partial charge is 0.306 e. The number of phosphoric ester groups is 1. The highest BCUT2D eigenvalue weighted by Gasteiger charge is 2.22. The molecule has 0 aliphatic carbocycles. The Hall–Kier alpha value is -1.51. The third-order valence-electron chi connectivity index (χ3n) is 15.7. The summed E-state index contributed by atoms with van der Waals surface area (Å²) in [5.74, 6) is -0.825. The normalized spacial score (nSPS) is 13.2. The molecule has 0 saturated heterocycles. The molecule has 0 aromatic carbocycles. The van der Waals surface area contributed by atoms with Gasteiger partial charge in [0.2, 0.25) is 0 Å². The van der Waals surface area contributed by atoms with E-state index >= 15 is 0 Å². The summed E-state index contributed by atoms with van der Waals surface area (Å²) >= 11 is 0. The Morgan fingerprint density at radius 3 is 1.03 bits per heavy atom. The molecule has 0 aliphatic rings. The van der Waals surface area contributed by atoms with Crippen molar-refractivity contribution in [3.63, 3.8) is 0 Å². The predicted molar refractivity (Wildman–Crippen MR) is 338 cm³/mol. The molecule has 2 unspecified atom stereocenters. The molecule has 0 fully saturated rings. The number of allylic oxidation sites excluding steroid dienone is 4. The van der Waals surface area contributed by atoms with E-state index in [0.29, 0.717) is 17.4 Å². The number of phosphoric acid groups is 1. The third-order valence-corrected chi connectivity index (χ3v) is 16.7. The van der Waals surface area contributed by atoms with Crippen LogP contribution in [0.1, 0.15) is 354 Å². The van der Waals surface area contributed by atoms with Gasteiger partial charge < -0.3 is 27.9 Å². The number of likely N-dealkylation sites (N-methyl/N-ethyl adjacent to an activating group) is 1. The summed E-state index contributed by atoms with van der Waals surface area (Å²) in [5, 5.41) is 0. The minimum Gasteiger partial charge on any atom is -0.756 e. The molecule has 2 atom stereocenters. The van der Waals surface area contributed by atoms with Gasteiger partial charge in [-0.15, -0.1) is 0 Å². The van der Waals surface area contributed by atoms with Crippen LogP contribution in [-0.4, -0.2) is 70.0 Å². The van der Waals surface area contributed by atoms with Crippen LogP contribution in [0.3, 0.4) is 0 Å². The summed E-state index contributed by atoms with van der Waals surface area (Å²) in [7, 11) is 1.18.